The Labute approximate surface area is 83.3 Å². The third-order valence-corrected chi connectivity index (χ3v) is 5.00. The molecule has 58 valence electrons. The summed E-state index contributed by atoms with van der Waals surface area (Å²) in [5.41, 5.74) is 0. The second-order valence-electron chi connectivity index (χ2n) is 3.35. The van der Waals surface area contributed by atoms with Crippen molar-refractivity contribution in [3.8, 4) is 0 Å². The standard InChI is InChI=1S/C6H6BrCl3/c7-4-1-5(8,2-4)6(9,10)3-4/h1-3H2. The smallest absolute Gasteiger partial charge is 0.116 e. The molecule has 2 bridgehead atoms. The van der Waals surface area contributed by atoms with Crippen molar-refractivity contribution in [2.45, 2.75) is 32.8 Å². The topological polar surface area (TPSA) is 0 Å². The quantitative estimate of drug-likeness (QED) is 0.588. The Balaban J connectivity index is 2.33. The largest absolute Gasteiger partial charge is 0.138 e. The fourth-order valence-corrected chi connectivity index (χ4v) is 5.27. The third-order valence-electron chi connectivity index (χ3n) is 2.39. The molecule has 4 heteroatoms. The zero-order valence-electron chi connectivity index (χ0n) is 5.13. The van der Waals surface area contributed by atoms with Crippen molar-refractivity contribution in [1.82, 2.24) is 0 Å². The molecule has 0 heterocycles. The molecular formula is C6H6BrCl3. The lowest BCUT2D eigenvalue weighted by Gasteiger charge is -2.40. The van der Waals surface area contributed by atoms with Crippen LogP contribution in [0.2, 0.25) is 0 Å². The van der Waals surface area contributed by atoms with Gasteiger partial charge in [-0.25, -0.2) is 0 Å². The number of hydrogen-bond acceptors (Lipinski definition) is 0. The molecule has 3 aliphatic rings. The van der Waals surface area contributed by atoms with Gasteiger partial charge in [0.2, 0.25) is 0 Å². The van der Waals surface area contributed by atoms with Crippen LogP contribution in [0.4, 0.5) is 0 Å². The molecule has 10 heavy (non-hydrogen) atoms. The molecule has 0 unspecified atom stereocenters. The van der Waals surface area contributed by atoms with Crippen LogP contribution in [-0.2, 0) is 0 Å². The zero-order chi connectivity index (χ0) is 7.62. The highest BCUT2D eigenvalue weighted by atomic mass is 79.9. The molecule has 0 atom stereocenters. The number of alkyl halides is 4. The molecule has 0 aliphatic heterocycles. The molecule has 0 N–H and O–H groups in total. The molecule has 0 saturated heterocycles. The Morgan fingerprint density at radius 2 is 1.50 bits per heavy atom. The maximum Gasteiger partial charge on any atom is 0.138 e. The van der Waals surface area contributed by atoms with Gasteiger partial charge in [-0.1, -0.05) is 39.1 Å². The van der Waals surface area contributed by atoms with Gasteiger partial charge < -0.3 is 0 Å². The first-order valence-electron chi connectivity index (χ1n) is 3.13. The lowest BCUT2D eigenvalue weighted by molar-refractivity contribution is 0.375. The highest BCUT2D eigenvalue weighted by Gasteiger charge is 2.71. The number of fused-ring (bicyclic) bond motifs is 1. The van der Waals surface area contributed by atoms with Gasteiger partial charge >= 0.3 is 0 Å². The van der Waals surface area contributed by atoms with Gasteiger partial charge in [-0.2, -0.15) is 0 Å². The van der Waals surface area contributed by atoms with Crippen LogP contribution in [-0.4, -0.2) is 13.5 Å². The molecule has 3 aliphatic carbocycles. The fraction of sp³-hybridized carbons (Fsp3) is 1.00. The van der Waals surface area contributed by atoms with Gasteiger partial charge in [-0.3, -0.25) is 0 Å². The maximum atomic E-state index is 6.12. The molecule has 3 rings (SSSR count). The lowest BCUT2D eigenvalue weighted by Crippen LogP contribution is -2.44. The number of hydrogen-bond donors (Lipinski definition) is 0. The minimum atomic E-state index is -0.710. The minimum absolute atomic E-state index is 0.151. The van der Waals surface area contributed by atoms with Crippen molar-refractivity contribution in [3.05, 3.63) is 0 Å². The van der Waals surface area contributed by atoms with E-state index in [0.717, 1.165) is 19.3 Å². The maximum absolute atomic E-state index is 6.12. The van der Waals surface area contributed by atoms with Crippen LogP contribution in [0.15, 0.2) is 0 Å². The van der Waals surface area contributed by atoms with Gasteiger partial charge in [-0.05, 0) is 19.3 Å². The lowest BCUT2D eigenvalue weighted by atomic mass is 9.83. The van der Waals surface area contributed by atoms with E-state index in [1.807, 2.05) is 0 Å². The first kappa shape index (κ1) is 7.97. The first-order valence-corrected chi connectivity index (χ1v) is 5.05. The second-order valence-corrected chi connectivity index (χ2v) is 7.24. The van der Waals surface area contributed by atoms with E-state index in [1.165, 1.54) is 0 Å². The predicted molar refractivity (Wildman–Crippen MR) is 48.5 cm³/mol. The molecule has 0 radical (unpaired) electrons. The summed E-state index contributed by atoms with van der Waals surface area (Å²) in [5, 5.41) is 0. The number of halogens is 4. The predicted octanol–water partition coefficient (Wildman–Crippen LogP) is 3.47. The molecule has 0 spiro atoms. The van der Waals surface area contributed by atoms with Gasteiger partial charge in [0, 0.05) is 4.32 Å². The van der Waals surface area contributed by atoms with E-state index in [9.17, 15) is 0 Å². The van der Waals surface area contributed by atoms with E-state index < -0.39 is 4.33 Å². The van der Waals surface area contributed by atoms with Crippen LogP contribution in [0, 0.1) is 0 Å². The normalized spacial score (nSPS) is 56.4. The molecular weight excluding hydrogens is 258 g/mol. The average Bonchev–Trinajstić information content (AvgIpc) is 1.79. The van der Waals surface area contributed by atoms with Gasteiger partial charge in [-0.15, -0.1) is 11.6 Å². The summed E-state index contributed by atoms with van der Waals surface area (Å²) >= 11 is 21.7. The molecule has 0 aromatic heterocycles. The molecule has 3 saturated carbocycles. The summed E-state index contributed by atoms with van der Waals surface area (Å²) in [4.78, 5) is -0.348. The summed E-state index contributed by atoms with van der Waals surface area (Å²) in [7, 11) is 0. The van der Waals surface area contributed by atoms with E-state index in [4.69, 9.17) is 34.8 Å². The van der Waals surface area contributed by atoms with Crippen molar-refractivity contribution >= 4 is 50.7 Å². The Hall–Kier alpha value is 1.35. The average molecular weight is 264 g/mol. The van der Waals surface area contributed by atoms with E-state index in [0.29, 0.717) is 0 Å². The number of rotatable bonds is 0. The van der Waals surface area contributed by atoms with Gasteiger partial charge in [0.1, 0.15) is 4.33 Å². The summed E-state index contributed by atoms with van der Waals surface area (Å²) in [6.45, 7) is 0. The SMILES string of the molecule is ClC1(Cl)CC2(Br)CC1(Cl)C2. The Morgan fingerprint density at radius 3 is 1.60 bits per heavy atom. The Kier molecular flexibility index (Phi) is 1.44. The van der Waals surface area contributed by atoms with Crippen molar-refractivity contribution in [2.75, 3.05) is 0 Å². The Bertz CT molecular complexity index is 181. The van der Waals surface area contributed by atoms with E-state index >= 15 is 0 Å². The van der Waals surface area contributed by atoms with Gasteiger partial charge in [0.25, 0.3) is 0 Å². The van der Waals surface area contributed by atoms with Gasteiger partial charge in [0.05, 0.1) is 4.87 Å². The molecule has 0 nitrogen and oxygen atoms in total. The van der Waals surface area contributed by atoms with Crippen LogP contribution >= 0.6 is 50.7 Å². The molecule has 0 aromatic carbocycles. The van der Waals surface area contributed by atoms with Crippen LogP contribution in [0.3, 0.4) is 0 Å². The van der Waals surface area contributed by atoms with E-state index in [2.05, 4.69) is 15.9 Å². The first-order chi connectivity index (χ1) is 4.37. The Morgan fingerprint density at radius 1 is 1.00 bits per heavy atom. The minimum Gasteiger partial charge on any atom is -0.116 e. The van der Waals surface area contributed by atoms with Crippen LogP contribution in [0.5, 0.6) is 0 Å². The monoisotopic (exact) mass is 262 g/mol. The van der Waals surface area contributed by atoms with Crippen molar-refractivity contribution in [3.63, 3.8) is 0 Å². The summed E-state index contributed by atoms with van der Waals surface area (Å²) in [5.74, 6) is 0. The van der Waals surface area contributed by atoms with E-state index in [-0.39, 0.29) is 9.20 Å². The van der Waals surface area contributed by atoms with Gasteiger partial charge in [0.15, 0.2) is 0 Å². The third kappa shape index (κ3) is 0.811. The summed E-state index contributed by atoms with van der Waals surface area (Å²) in [6.07, 6.45) is 2.57. The highest BCUT2D eigenvalue weighted by molar-refractivity contribution is 9.10. The highest BCUT2D eigenvalue weighted by Crippen LogP contribution is 2.71. The fourth-order valence-electron chi connectivity index (χ4n) is 1.89. The summed E-state index contributed by atoms with van der Waals surface area (Å²) in [6, 6.07) is 0. The summed E-state index contributed by atoms with van der Waals surface area (Å²) < 4.78 is -0.559. The molecule has 3 fully saturated rings. The van der Waals surface area contributed by atoms with Crippen LogP contribution in [0.25, 0.3) is 0 Å². The molecule has 0 aromatic rings. The van der Waals surface area contributed by atoms with Crippen LogP contribution < -0.4 is 0 Å². The second kappa shape index (κ2) is 1.81. The van der Waals surface area contributed by atoms with Crippen molar-refractivity contribution < 1.29 is 0 Å². The zero-order valence-corrected chi connectivity index (χ0v) is 8.99. The van der Waals surface area contributed by atoms with Crippen molar-refractivity contribution in [1.29, 1.82) is 0 Å². The van der Waals surface area contributed by atoms with E-state index in [1.54, 1.807) is 0 Å². The van der Waals surface area contributed by atoms with Crippen molar-refractivity contribution in [2.24, 2.45) is 0 Å². The van der Waals surface area contributed by atoms with Crippen LogP contribution in [0.1, 0.15) is 19.3 Å². The molecule has 0 amide bonds.